The number of benzene rings is 2. The Kier molecular flexibility index (Phi) is 6.50. The van der Waals surface area contributed by atoms with Gasteiger partial charge in [0, 0.05) is 16.8 Å². The molecule has 140 valence electrons. The smallest absolute Gasteiger partial charge is 0.247 e. The average molecular weight is 397 g/mol. The molecule has 0 bridgehead atoms. The molecule has 1 amide bonds. The Labute approximate surface area is 158 Å². The number of carbonyl (C=O) groups is 1. The highest BCUT2D eigenvalue weighted by molar-refractivity contribution is 7.92. The Hall–Kier alpha value is -2.25. The number of hydrogen-bond acceptors (Lipinski definition) is 4. The van der Waals surface area contributed by atoms with Gasteiger partial charge in [0.25, 0.3) is 0 Å². The van der Waals surface area contributed by atoms with Crippen LogP contribution >= 0.6 is 11.6 Å². The standard InChI is InChI=1S/C18H21ClN2O4S/c1-4-25-17-10-6-8-15(12-17)20-18(22)13(2)21(26(3,23)24)16-9-5-7-14(19)11-16/h5-13H,4H2,1-3H3,(H,20,22)/t13-/m1/s1. The van der Waals surface area contributed by atoms with Crippen LogP contribution in [0.4, 0.5) is 11.4 Å². The van der Waals surface area contributed by atoms with Crippen LogP contribution in [0.1, 0.15) is 13.8 Å². The third-order valence-corrected chi connectivity index (χ3v) is 5.04. The molecule has 0 heterocycles. The zero-order chi connectivity index (χ0) is 19.3. The average Bonchev–Trinajstić information content (AvgIpc) is 2.54. The van der Waals surface area contributed by atoms with Gasteiger partial charge in [-0.25, -0.2) is 8.42 Å². The highest BCUT2D eigenvalue weighted by Crippen LogP contribution is 2.25. The van der Waals surface area contributed by atoms with Crippen LogP contribution in [0, 0.1) is 0 Å². The highest BCUT2D eigenvalue weighted by atomic mass is 35.5. The molecule has 0 spiro atoms. The second kappa shape index (κ2) is 8.42. The van der Waals surface area contributed by atoms with E-state index < -0.39 is 22.0 Å². The van der Waals surface area contributed by atoms with Crippen LogP contribution in [0.5, 0.6) is 5.75 Å². The Morgan fingerprint density at radius 2 is 1.92 bits per heavy atom. The molecular weight excluding hydrogens is 376 g/mol. The summed E-state index contributed by atoms with van der Waals surface area (Å²) >= 11 is 5.96. The van der Waals surface area contributed by atoms with E-state index in [9.17, 15) is 13.2 Å². The minimum Gasteiger partial charge on any atom is -0.494 e. The third kappa shape index (κ3) is 5.12. The Bertz CT molecular complexity index is 886. The van der Waals surface area contributed by atoms with Gasteiger partial charge in [0.2, 0.25) is 15.9 Å². The van der Waals surface area contributed by atoms with E-state index in [1.54, 1.807) is 42.5 Å². The first-order chi connectivity index (χ1) is 12.2. The largest absolute Gasteiger partial charge is 0.494 e. The summed E-state index contributed by atoms with van der Waals surface area (Å²) in [5, 5.41) is 3.10. The van der Waals surface area contributed by atoms with Gasteiger partial charge in [0.15, 0.2) is 0 Å². The lowest BCUT2D eigenvalue weighted by atomic mass is 10.2. The van der Waals surface area contributed by atoms with Gasteiger partial charge in [0.05, 0.1) is 18.6 Å². The van der Waals surface area contributed by atoms with Crippen LogP contribution in [0.25, 0.3) is 0 Å². The van der Waals surface area contributed by atoms with Crippen molar-refractivity contribution in [2.24, 2.45) is 0 Å². The maximum absolute atomic E-state index is 12.6. The molecule has 0 aliphatic heterocycles. The van der Waals surface area contributed by atoms with Crippen LogP contribution in [0.3, 0.4) is 0 Å². The summed E-state index contributed by atoms with van der Waals surface area (Å²) in [5.74, 6) is 0.150. The van der Waals surface area contributed by atoms with E-state index in [0.29, 0.717) is 28.8 Å². The molecule has 0 unspecified atom stereocenters. The van der Waals surface area contributed by atoms with E-state index >= 15 is 0 Å². The number of ether oxygens (including phenoxy) is 1. The predicted octanol–water partition coefficient (Wildman–Crippen LogP) is 3.53. The molecule has 0 saturated carbocycles. The van der Waals surface area contributed by atoms with E-state index in [4.69, 9.17) is 16.3 Å². The molecule has 6 nitrogen and oxygen atoms in total. The number of nitrogens with zero attached hydrogens (tertiary/aromatic N) is 1. The molecule has 0 fully saturated rings. The van der Waals surface area contributed by atoms with Crippen molar-refractivity contribution in [2.45, 2.75) is 19.9 Å². The van der Waals surface area contributed by atoms with Crippen LogP contribution in [-0.4, -0.2) is 33.2 Å². The minimum absolute atomic E-state index is 0.325. The van der Waals surface area contributed by atoms with Gasteiger partial charge < -0.3 is 10.1 Å². The van der Waals surface area contributed by atoms with Gasteiger partial charge in [0.1, 0.15) is 11.8 Å². The number of sulfonamides is 1. The summed E-state index contributed by atoms with van der Waals surface area (Å²) in [7, 11) is -3.70. The van der Waals surface area contributed by atoms with E-state index in [0.717, 1.165) is 10.6 Å². The van der Waals surface area contributed by atoms with Crippen LogP contribution in [0.2, 0.25) is 5.02 Å². The van der Waals surface area contributed by atoms with Crippen LogP contribution in [0.15, 0.2) is 48.5 Å². The predicted molar refractivity (Wildman–Crippen MR) is 104 cm³/mol. The Morgan fingerprint density at radius 3 is 2.54 bits per heavy atom. The summed E-state index contributed by atoms with van der Waals surface area (Å²) in [6, 6.07) is 12.3. The molecule has 2 aromatic rings. The molecule has 0 aliphatic rings. The third-order valence-electron chi connectivity index (χ3n) is 3.56. The van der Waals surface area contributed by atoms with Crippen molar-refractivity contribution in [2.75, 3.05) is 22.5 Å². The number of amides is 1. The fourth-order valence-electron chi connectivity index (χ4n) is 2.50. The molecule has 1 N–H and O–H groups in total. The van der Waals surface area contributed by atoms with Crippen molar-refractivity contribution >= 4 is 38.9 Å². The number of nitrogens with one attached hydrogen (secondary N) is 1. The van der Waals surface area contributed by atoms with Crippen molar-refractivity contribution in [1.29, 1.82) is 0 Å². The molecule has 1 atom stereocenters. The lowest BCUT2D eigenvalue weighted by molar-refractivity contribution is -0.116. The zero-order valence-corrected chi connectivity index (χ0v) is 16.3. The van der Waals surface area contributed by atoms with Gasteiger partial charge in [-0.1, -0.05) is 23.7 Å². The molecule has 8 heteroatoms. The minimum atomic E-state index is -3.70. The van der Waals surface area contributed by atoms with Gasteiger partial charge in [-0.3, -0.25) is 9.10 Å². The Balaban J connectivity index is 2.27. The topological polar surface area (TPSA) is 75.7 Å². The lowest BCUT2D eigenvalue weighted by Crippen LogP contribution is -2.45. The maximum atomic E-state index is 12.6. The number of anilines is 2. The monoisotopic (exact) mass is 396 g/mol. The number of rotatable bonds is 7. The van der Waals surface area contributed by atoms with E-state index in [2.05, 4.69) is 5.32 Å². The normalized spacial score (nSPS) is 12.3. The quantitative estimate of drug-likeness (QED) is 0.776. The van der Waals surface area contributed by atoms with E-state index in [-0.39, 0.29) is 0 Å². The molecule has 0 saturated heterocycles. The first-order valence-electron chi connectivity index (χ1n) is 8.01. The summed E-state index contributed by atoms with van der Waals surface area (Å²) in [6.45, 7) is 3.89. The SMILES string of the molecule is CCOc1cccc(NC(=O)[C@@H](C)N(c2cccc(Cl)c2)S(C)(=O)=O)c1. The zero-order valence-electron chi connectivity index (χ0n) is 14.8. The second-order valence-electron chi connectivity index (χ2n) is 5.66. The molecule has 2 rings (SSSR count). The summed E-state index contributed by atoms with van der Waals surface area (Å²) in [4.78, 5) is 12.6. The van der Waals surface area contributed by atoms with Crippen LogP contribution < -0.4 is 14.4 Å². The summed E-state index contributed by atoms with van der Waals surface area (Å²) in [6.07, 6.45) is 1.05. The molecule has 0 aromatic heterocycles. The highest BCUT2D eigenvalue weighted by Gasteiger charge is 2.29. The van der Waals surface area contributed by atoms with Crippen molar-refractivity contribution in [3.63, 3.8) is 0 Å². The van der Waals surface area contributed by atoms with Crippen molar-refractivity contribution < 1.29 is 17.9 Å². The fraction of sp³-hybridized carbons (Fsp3) is 0.278. The van der Waals surface area contributed by atoms with E-state index in [1.807, 2.05) is 6.92 Å². The molecule has 2 aromatic carbocycles. The first kappa shape index (κ1) is 20.1. The maximum Gasteiger partial charge on any atom is 0.247 e. The van der Waals surface area contributed by atoms with Crippen molar-refractivity contribution in [3.05, 3.63) is 53.6 Å². The fourth-order valence-corrected chi connectivity index (χ4v) is 3.85. The summed E-state index contributed by atoms with van der Waals surface area (Å²) < 4.78 is 31.0. The number of carbonyl (C=O) groups excluding carboxylic acids is 1. The lowest BCUT2D eigenvalue weighted by Gasteiger charge is -2.28. The Morgan fingerprint density at radius 1 is 1.23 bits per heavy atom. The molecule has 0 aliphatic carbocycles. The van der Waals surface area contributed by atoms with Crippen molar-refractivity contribution in [1.82, 2.24) is 0 Å². The van der Waals surface area contributed by atoms with Crippen molar-refractivity contribution in [3.8, 4) is 5.75 Å². The number of hydrogen-bond donors (Lipinski definition) is 1. The first-order valence-corrected chi connectivity index (χ1v) is 10.2. The van der Waals surface area contributed by atoms with E-state index in [1.165, 1.54) is 13.0 Å². The van der Waals surface area contributed by atoms with Gasteiger partial charge in [-0.05, 0) is 44.2 Å². The number of halogens is 1. The second-order valence-corrected chi connectivity index (χ2v) is 7.96. The van der Waals surface area contributed by atoms with Gasteiger partial charge >= 0.3 is 0 Å². The molecule has 26 heavy (non-hydrogen) atoms. The van der Waals surface area contributed by atoms with Gasteiger partial charge in [-0.2, -0.15) is 0 Å². The summed E-state index contributed by atoms with van der Waals surface area (Å²) in [5.41, 5.74) is 0.845. The molecular formula is C18H21ClN2O4S. The van der Waals surface area contributed by atoms with Gasteiger partial charge in [-0.15, -0.1) is 0 Å². The van der Waals surface area contributed by atoms with Crippen LogP contribution in [-0.2, 0) is 14.8 Å². The molecule has 0 radical (unpaired) electrons.